The topological polar surface area (TPSA) is 60.0 Å². The number of para-hydroxylation sites is 1. The minimum absolute atomic E-state index is 0.483. The third kappa shape index (κ3) is 3.78. The van der Waals surface area contributed by atoms with Crippen molar-refractivity contribution in [2.45, 2.75) is 38.0 Å². The molecule has 1 aliphatic heterocycles. The number of nitrogens with two attached hydrogens (primary N) is 1. The molecule has 2 aromatic heterocycles. The fourth-order valence-electron chi connectivity index (χ4n) is 4.76. The van der Waals surface area contributed by atoms with Crippen molar-refractivity contribution in [1.29, 1.82) is 0 Å². The number of fused-ring (bicyclic) bond motifs is 3. The molecule has 0 unspecified atom stereocenters. The van der Waals surface area contributed by atoms with Crippen LogP contribution < -0.4 is 5.73 Å². The molecule has 0 atom stereocenters. The summed E-state index contributed by atoms with van der Waals surface area (Å²) in [7, 11) is 0. The number of likely N-dealkylation sites (tertiary alicyclic amines) is 1. The SMILES string of the molecule is C=C(C)c1cc(Cn2c(SC)nc3c(N)nc4ccccc4c32)ccc1CN1CCCC1. The van der Waals surface area contributed by atoms with E-state index >= 15 is 0 Å². The number of hydrogen-bond donors (Lipinski definition) is 1. The summed E-state index contributed by atoms with van der Waals surface area (Å²) in [6.45, 7) is 10.5. The van der Waals surface area contributed by atoms with Crippen molar-refractivity contribution in [3.8, 4) is 0 Å². The molecule has 1 fully saturated rings. The predicted octanol–water partition coefficient (Wildman–Crippen LogP) is 5.57. The highest BCUT2D eigenvalue weighted by molar-refractivity contribution is 7.98. The van der Waals surface area contributed by atoms with Crippen molar-refractivity contribution in [3.05, 3.63) is 65.7 Å². The number of aromatic nitrogens is 3. The maximum atomic E-state index is 6.30. The first kappa shape index (κ1) is 21.0. The summed E-state index contributed by atoms with van der Waals surface area (Å²) in [5.41, 5.74) is 14.0. The van der Waals surface area contributed by atoms with Gasteiger partial charge in [-0.25, -0.2) is 9.97 Å². The summed E-state index contributed by atoms with van der Waals surface area (Å²) in [6.07, 6.45) is 4.66. The largest absolute Gasteiger partial charge is 0.382 e. The molecule has 164 valence electrons. The van der Waals surface area contributed by atoms with Crippen molar-refractivity contribution in [3.63, 3.8) is 0 Å². The van der Waals surface area contributed by atoms with Crippen LogP contribution in [0.15, 0.2) is 54.2 Å². The first-order valence-electron chi connectivity index (χ1n) is 11.1. The number of thioether (sulfide) groups is 1. The molecule has 6 heteroatoms. The third-order valence-corrected chi connectivity index (χ3v) is 7.00. The van der Waals surface area contributed by atoms with Crippen LogP contribution in [0.2, 0.25) is 0 Å². The number of nitrogens with zero attached hydrogens (tertiary/aromatic N) is 4. The third-order valence-electron chi connectivity index (χ3n) is 6.33. The summed E-state index contributed by atoms with van der Waals surface area (Å²) in [6, 6.07) is 15.0. The molecule has 0 bridgehead atoms. The van der Waals surface area contributed by atoms with E-state index in [9.17, 15) is 0 Å². The number of imidazole rings is 1. The number of allylic oxidation sites excluding steroid dienone is 1. The molecule has 32 heavy (non-hydrogen) atoms. The molecular weight excluding hydrogens is 414 g/mol. The minimum Gasteiger partial charge on any atom is -0.382 e. The van der Waals surface area contributed by atoms with Crippen LogP contribution in [0.1, 0.15) is 36.5 Å². The molecule has 2 aromatic carbocycles. The molecule has 5 nitrogen and oxygen atoms in total. The van der Waals surface area contributed by atoms with E-state index in [2.05, 4.69) is 58.5 Å². The first-order chi connectivity index (χ1) is 15.5. The Morgan fingerprint density at radius 2 is 1.88 bits per heavy atom. The maximum Gasteiger partial charge on any atom is 0.169 e. The van der Waals surface area contributed by atoms with E-state index in [1.807, 2.05) is 18.2 Å². The maximum absolute atomic E-state index is 6.30. The van der Waals surface area contributed by atoms with Crippen LogP contribution in [0.3, 0.4) is 0 Å². The Morgan fingerprint density at radius 1 is 1.09 bits per heavy atom. The van der Waals surface area contributed by atoms with Crippen LogP contribution >= 0.6 is 11.8 Å². The van der Waals surface area contributed by atoms with E-state index in [0.717, 1.165) is 45.8 Å². The zero-order chi connectivity index (χ0) is 22.2. The summed E-state index contributed by atoms with van der Waals surface area (Å²) in [5, 5.41) is 2.03. The van der Waals surface area contributed by atoms with Crippen LogP contribution in [0.25, 0.3) is 27.5 Å². The highest BCUT2D eigenvalue weighted by Crippen LogP contribution is 2.32. The van der Waals surface area contributed by atoms with E-state index in [0.29, 0.717) is 5.82 Å². The quantitative estimate of drug-likeness (QED) is 0.395. The van der Waals surface area contributed by atoms with Gasteiger partial charge >= 0.3 is 0 Å². The Hall–Kier alpha value is -2.83. The highest BCUT2D eigenvalue weighted by Gasteiger charge is 2.18. The van der Waals surface area contributed by atoms with Gasteiger partial charge in [0.05, 0.1) is 17.6 Å². The van der Waals surface area contributed by atoms with E-state index in [4.69, 9.17) is 10.7 Å². The van der Waals surface area contributed by atoms with Gasteiger partial charge in [-0.05, 0) is 67.9 Å². The lowest BCUT2D eigenvalue weighted by atomic mass is 9.98. The van der Waals surface area contributed by atoms with Crippen molar-refractivity contribution < 1.29 is 0 Å². The van der Waals surface area contributed by atoms with Crippen molar-refractivity contribution in [1.82, 2.24) is 19.4 Å². The number of benzene rings is 2. The number of hydrogen-bond acceptors (Lipinski definition) is 5. The van der Waals surface area contributed by atoms with Gasteiger partial charge in [0.2, 0.25) is 0 Å². The second-order valence-corrected chi connectivity index (χ2v) is 9.42. The molecular formula is C26H29N5S. The summed E-state index contributed by atoms with van der Waals surface area (Å²) < 4.78 is 2.28. The number of pyridine rings is 1. The molecule has 0 radical (unpaired) electrons. The molecule has 1 aliphatic rings. The molecule has 0 spiro atoms. The number of rotatable bonds is 6. The van der Waals surface area contributed by atoms with Gasteiger partial charge in [-0.3, -0.25) is 4.90 Å². The second kappa shape index (κ2) is 8.60. The molecule has 0 saturated carbocycles. The normalized spacial score (nSPS) is 14.6. The monoisotopic (exact) mass is 443 g/mol. The van der Waals surface area contributed by atoms with Crippen LogP contribution in [0, 0.1) is 0 Å². The van der Waals surface area contributed by atoms with Crippen molar-refractivity contribution >= 4 is 45.1 Å². The fourth-order valence-corrected chi connectivity index (χ4v) is 5.32. The van der Waals surface area contributed by atoms with Crippen LogP contribution in [0.4, 0.5) is 5.82 Å². The Balaban J connectivity index is 1.59. The zero-order valence-corrected chi connectivity index (χ0v) is 19.6. The van der Waals surface area contributed by atoms with E-state index in [-0.39, 0.29) is 0 Å². The number of nitrogen functional groups attached to an aromatic ring is 1. The molecule has 5 rings (SSSR count). The molecule has 0 amide bonds. The minimum atomic E-state index is 0.483. The summed E-state index contributed by atoms with van der Waals surface area (Å²) in [5.74, 6) is 0.483. The zero-order valence-electron chi connectivity index (χ0n) is 18.8. The van der Waals surface area contributed by atoms with E-state index in [1.165, 1.54) is 42.6 Å². The van der Waals surface area contributed by atoms with Gasteiger partial charge in [0.1, 0.15) is 5.52 Å². The van der Waals surface area contributed by atoms with Gasteiger partial charge in [0.15, 0.2) is 11.0 Å². The second-order valence-electron chi connectivity index (χ2n) is 8.65. The van der Waals surface area contributed by atoms with E-state index in [1.54, 1.807) is 11.8 Å². The van der Waals surface area contributed by atoms with Gasteiger partial charge in [-0.2, -0.15) is 0 Å². The van der Waals surface area contributed by atoms with E-state index < -0.39 is 0 Å². The standard InChI is InChI=1S/C26H29N5S/c1-17(2)21-14-18(10-11-19(21)16-30-12-6-7-13-30)15-31-24-20-8-4-5-9-22(20)28-25(27)23(24)29-26(31)32-3/h4-5,8-11,14H,1,6-7,12-13,15-16H2,2-3H3,(H2,27,28). The van der Waals surface area contributed by atoms with Gasteiger partial charge in [0, 0.05) is 11.9 Å². The lowest BCUT2D eigenvalue weighted by Gasteiger charge is -2.19. The summed E-state index contributed by atoms with van der Waals surface area (Å²) in [4.78, 5) is 11.9. The Labute approximate surface area is 193 Å². The van der Waals surface area contributed by atoms with Gasteiger partial charge in [-0.1, -0.05) is 54.2 Å². The summed E-state index contributed by atoms with van der Waals surface area (Å²) >= 11 is 1.64. The smallest absolute Gasteiger partial charge is 0.169 e. The lowest BCUT2D eigenvalue weighted by Crippen LogP contribution is -2.19. The van der Waals surface area contributed by atoms with Gasteiger partial charge in [0.25, 0.3) is 0 Å². The Morgan fingerprint density at radius 3 is 2.62 bits per heavy atom. The first-order valence-corrected chi connectivity index (χ1v) is 12.4. The van der Waals surface area contributed by atoms with Crippen molar-refractivity contribution in [2.24, 2.45) is 0 Å². The Bertz CT molecular complexity index is 1320. The molecule has 2 N–H and O–H groups in total. The number of anilines is 1. The van der Waals surface area contributed by atoms with Crippen LogP contribution in [0.5, 0.6) is 0 Å². The van der Waals surface area contributed by atoms with Crippen LogP contribution in [-0.2, 0) is 13.1 Å². The lowest BCUT2D eigenvalue weighted by molar-refractivity contribution is 0.331. The van der Waals surface area contributed by atoms with Gasteiger partial charge < -0.3 is 10.3 Å². The average Bonchev–Trinajstić information content (AvgIpc) is 3.43. The van der Waals surface area contributed by atoms with Gasteiger partial charge in [-0.15, -0.1) is 0 Å². The highest BCUT2D eigenvalue weighted by atomic mass is 32.2. The average molecular weight is 444 g/mol. The Kier molecular flexibility index (Phi) is 5.66. The molecule has 0 aliphatic carbocycles. The van der Waals surface area contributed by atoms with Crippen molar-refractivity contribution in [2.75, 3.05) is 25.1 Å². The predicted molar refractivity (Wildman–Crippen MR) is 136 cm³/mol. The fraction of sp³-hybridized carbons (Fsp3) is 0.308. The molecule has 1 saturated heterocycles. The molecule has 3 heterocycles. The van der Waals surface area contributed by atoms with Crippen LogP contribution in [-0.4, -0.2) is 38.8 Å². The molecule has 4 aromatic rings.